The van der Waals surface area contributed by atoms with Gasteiger partial charge in [0.1, 0.15) is 0 Å². The van der Waals surface area contributed by atoms with E-state index in [1.165, 1.54) is 50.2 Å². The highest BCUT2D eigenvalue weighted by molar-refractivity contribution is 5.44. The number of non-ortho nitro benzene ring substituents is 1. The third kappa shape index (κ3) is 7.30. The average Bonchev–Trinajstić information content (AvgIpc) is 2.91. The summed E-state index contributed by atoms with van der Waals surface area (Å²) in [7, 11) is 0. The molecule has 0 aromatic heterocycles. The first-order valence-electron chi connectivity index (χ1n) is 5.91. The van der Waals surface area contributed by atoms with E-state index in [4.69, 9.17) is 5.73 Å². The Balaban J connectivity index is 0.000000306. The molecule has 3 N–H and O–H groups in total. The van der Waals surface area contributed by atoms with Crippen molar-refractivity contribution in [2.45, 2.75) is 26.7 Å². The zero-order valence-corrected chi connectivity index (χ0v) is 10.5. The highest BCUT2D eigenvalue weighted by atomic mass is 16.6. The van der Waals surface area contributed by atoms with E-state index in [-0.39, 0.29) is 5.69 Å². The van der Waals surface area contributed by atoms with Gasteiger partial charge in [-0.05, 0) is 38.1 Å². The van der Waals surface area contributed by atoms with Crippen LogP contribution in [0.3, 0.4) is 0 Å². The van der Waals surface area contributed by atoms with Crippen molar-refractivity contribution in [3.05, 3.63) is 34.4 Å². The van der Waals surface area contributed by atoms with Gasteiger partial charge in [0.15, 0.2) is 0 Å². The quantitative estimate of drug-likeness (QED) is 0.448. The normalized spacial score (nSPS) is 12.8. The van der Waals surface area contributed by atoms with Crippen molar-refractivity contribution in [2.75, 3.05) is 18.8 Å². The van der Waals surface area contributed by atoms with Crippen molar-refractivity contribution in [1.82, 2.24) is 5.32 Å². The Morgan fingerprint density at radius 3 is 1.94 bits per heavy atom. The van der Waals surface area contributed by atoms with Crippen LogP contribution in [0.25, 0.3) is 0 Å². The molecule has 1 saturated heterocycles. The minimum Gasteiger partial charge on any atom is -0.399 e. The molecule has 5 heteroatoms. The molecule has 17 heavy (non-hydrogen) atoms. The fourth-order valence-electron chi connectivity index (χ4n) is 1.22. The van der Waals surface area contributed by atoms with Crippen LogP contribution in [0.2, 0.25) is 0 Å². The van der Waals surface area contributed by atoms with Gasteiger partial charge < -0.3 is 11.1 Å². The van der Waals surface area contributed by atoms with Crippen LogP contribution in [0.1, 0.15) is 26.7 Å². The molecule has 0 saturated carbocycles. The highest BCUT2D eigenvalue weighted by Crippen LogP contribution is 2.11. The van der Waals surface area contributed by atoms with Gasteiger partial charge in [-0.15, -0.1) is 0 Å². The number of nitrogens with two attached hydrogens (primary N) is 1. The van der Waals surface area contributed by atoms with Crippen LogP contribution < -0.4 is 11.1 Å². The Bertz CT molecular complexity index is 300. The smallest absolute Gasteiger partial charge is 0.269 e. The summed E-state index contributed by atoms with van der Waals surface area (Å²) in [6.45, 7) is 6.50. The van der Waals surface area contributed by atoms with E-state index in [1.807, 2.05) is 13.8 Å². The Morgan fingerprint density at radius 2 is 1.65 bits per heavy atom. The van der Waals surface area contributed by atoms with Crippen LogP contribution in [0, 0.1) is 10.1 Å². The highest BCUT2D eigenvalue weighted by Gasteiger charge is 2.00. The molecule has 96 valence electrons. The first kappa shape index (κ1) is 15.4. The van der Waals surface area contributed by atoms with Crippen LogP contribution >= 0.6 is 0 Å². The standard InChI is InChI=1S/C6H6N2O2.C4H9N.C2H6/c7-5-1-3-6(4-2-5)8(9)10;1-2-4-5-3-1;1-2/h1-4H,7H2;5H,1-4H2;1-2H3. The number of nitro benzene ring substituents is 1. The number of nitrogens with one attached hydrogen (secondary N) is 1. The topological polar surface area (TPSA) is 81.2 Å². The molecule has 0 aliphatic carbocycles. The molecule has 0 unspecified atom stereocenters. The van der Waals surface area contributed by atoms with Crippen LogP contribution in [0.5, 0.6) is 0 Å². The number of nitro groups is 1. The van der Waals surface area contributed by atoms with E-state index in [0.29, 0.717) is 5.69 Å². The molecule has 5 nitrogen and oxygen atoms in total. The number of hydrogen-bond donors (Lipinski definition) is 2. The summed E-state index contributed by atoms with van der Waals surface area (Å²) in [5.41, 5.74) is 5.90. The molecule has 0 amide bonds. The maximum Gasteiger partial charge on any atom is 0.269 e. The Hall–Kier alpha value is -1.62. The van der Waals surface area contributed by atoms with Gasteiger partial charge in [0.05, 0.1) is 4.92 Å². The molecular formula is C12H21N3O2. The summed E-state index contributed by atoms with van der Waals surface area (Å²) in [4.78, 5) is 9.62. The maximum absolute atomic E-state index is 10.1. The monoisotopic (exact) mass is 239 g/mol. The first-order valence-corrected chi connectivity index (χ1v) is 5.91. The van der Waals surface area contributed by atoms with Crippen LogP contribution in [0.4, 0.5) is 11.4 Å². The third-order valence-corrected chi connectivity index (χ3v) is 2.06. The summed E-state index contributed by atoms with van der Waals surface area (Å²) in [6.07, 6.45) is 2.78. The molecule has 0 spiro atoms. The van der Waals surface area contributed by atoms with E-state index >= 15 is 0 Å². The van der Waals surface area contributed by atoms with Crippen molar-refractivity contribution in [3.8, 4) is 0 Å². The predicted octanol–water partition coefficient (Wildman–Crippen LogP) is 2.57. The summed E-state index contributed by atoms with van der Waals surface area (Å²) in [6, 6.07) is 5.74. The van der Waals surface area contributed by atoms with Crippen molar-refractivity contribution >= 4 is 11.4 Å². The van der Waals surface area contributed by atoms with Crippen LogP contribution in [-0.2, 0) is 0 Å². The van der Waals surface area contributed by atoms with E-state index in [0.717, 1.165) is 0 Å². The van der Waals surface area contributed by atoms with Gasteiger partial charge in [0, 0.05) is 17.8 Å². The first-order chi connectivity index (χ1) is 8.20. The fraction of sp³-hybridized carbons (Fsp3) is 0.500. The van der Waals surface area contributed by atoms with Gasteiger partial charge >= 0.3 is 0 Å². The molecule has 1 aliphatic heterocycles. The molecule has 1 aromatic carbocycles. The average molecular weight is 239 g/mol. The zero-order chi connectivity index (χ0) is 13.1. The van der Waals surface area contributed by atoms with Gasteiger partial charge in [-0.2, -0.15) is 0 Å². The lowest BCUT2D eigenvalue weighted by Gasteiger charge is -1.90. The lowest BCUT2D eigenvalue weighted by atomic mass is 10.3. The van der Waals surface area contributed by atoms with Crippen molar-refractivity contribution in [2.24, 2.45) is 0 Å². The predicted molar refractivity (Wildman–Crippen MR) is 71.0 cm³/mol. The van der Waals surface area contributed by atoms with Crippen molar-refractivity contribution in [3.63, 3.8) is 0 Å². The molecule has 0 radical (unpaired) electrons. The molecule has 1 heterocycles. The molecule has 2 rings (SSSR count). The number of nitrogen functional groups attached to an aromatic ring is 1. The van der Waals surface area contributed by atoms with Crippen molar-refractivity contribution in [1.29, 1.82) is 0 Å². The summed E-state index contributed by atoms with van der Waals surface area (Å²) < 4.78 is 0. The second kappa shape index (κ2) is 9.59. The number of benzene rings is 1. The maximum atomic E-state index is 10.1. The van der Waals surface area contributed by atoms with Gasteiger partial charge in [0.25, 0.3) is 5.69 Å². The van der Waals surface area contributed by atoms with Gasteiger partial charge in [-0.1, -0.05) is 13.8 Å². The van der Waals surface area contributed by atoms with E-state index in [1.54, 1.807) is 0 Å². The van der Waals surface area contributed by atoms with E-state index < -0.39 is 4.92 Å². The Labute approximate surface area is 102 Å². The zero-order valence-electron chi connectivity index (χ0n) is 10.5. The molecule has 0 bridgehead atoms. The Morgan fingerprint density at radius 1 is 1.18 bits per heavy atom. The van der Waals surface area contributed by atoms with Gasteiger partial charge in [-0.3, -0.25) is 10.1 Å². The third-order valence-electron chi connectivity index (χ3n) is 2.06. The second-order valence-electron chi connectivity index (χ2n) is 3.31. The number of nitrogens with zero attached hydrogens (tertiary/aromatic N) is 1. The molecular weight excluding hydrogens is 218 g/mol. The minimum absolute atomic E-state index is 0.0641. The fourth-order valence-corrected chi connectivity index (χ4v) is 1.22. The van der Waals surface area contributed by atoms with Gasteiger partial charge in [-0.25, -0.2) is 0 Å². The van der Waals surface area contributed by atoms with E-state index in [2.05, 4.69) is 5.32 Å². The van der Waals surface area contributed by atoms with Crippen LogP contribution in [0.15, 0.2) is 24.3 Å². The largest absolute Gasteiger partial charge is 0.399 e. The molecule has 1 fully saturated rings. The second-order valence-corrected chi connectivity index (χ2v) is 3.31. The minimum atomic E-state index is -0.459. The molecule has 1 aromatic rings. The summed E-state index contributed by atoms with van der Waals surface area (Å²) in [5.74, 6) is 0. The SMILES string of the molecule is C1CCNC1.CC.Nc1ccc([N+](=O)[O-])cc1. The lowest BCUT2D eigenvalue weighted by molar-refractivity contribution is -0.384. The van der Waals surface area contributed by atoms with Crippen LogP contribution in [-0.4, -0.2) is 18.0 Å². The Kier molecular flexibility index (Phi) is 8.68. The number of hydrogen-bond acceptors (Lipinski definition) is 4. The van der Waals surface area contributed by atoms with Gasteiger partial charge in [0.2, 0.25) is 0 Å². The summed E-state index contributed by atoms with van der Waals surface area (Å²) in [5, 5.41) is 13.3. The lowest BCUT2D eigenvalue weighted by Crippen LogP contribution is -2.03. The van der Waals surface area contributed by atoms with E-state index in [9.17, 15) is 10.1 Å². The molecule has 1 aliphatic rings. The summed E-state index contributed by atoms with van der Waals surface area (Å²) >= 11 is 0. The van der Waals surface area contributed by atoms with Crippen molar-refractivity contribution < 1.29 is 4.92 Å². The number of rotatable bonds is 1. The molecule has 0 atom stereocenters. The number of anilines is 1.